The van der Waals surface area contributed by atoms with Crippen LogP contribution in [-0.2, 0) is 0 Å². The van der Waals surface area contributed by atoms with Gasteiger partial charge in [0.1, 0.15) is 5.75 Å². The van der Waals surface area contributed by atoms with E-state index in [0.717, 1.165) is 0 Å². The molecular formula is C11H14F2OS. The molecule has 0 radical (unpaired) electrons. The number of phenolic OH excluding ortho intramolecular Hbond substituents is 1. The number of benzene rings is 1. The van der Waals surface area contributed by atoms with Crippen molar-refractivity contribution >= 4 is 11.8 Å². The average Bonchev–Trinajstić information content (AvgIpc) is 2.08. The number of hydrogen-bond acceptors (Lipinski definition) is 2. The van der Waals surface area contributed by atoms with Gasteiger partial charge in [-0.3, -0.25) is 0 Å². The Labute approximate surface area is 92.5 Å². The van der Waals surface area contributed by atoms with Crippen LogP contribution in [0.5, 0.6) is 5.75 Å². The van der Waals surface area contributed by atoms with E-state index in [9.17, 15) is 13.9 Å². The van der Waals surface area contributed by atoms with E-state index in [1.165, 1.54) is 0 Å². The van der Waals surface area contributed by atoms with Crippen LogP contribution in [0.3, 0.4) is 0 Å². The molecule has 0 aliphatic rings. The Morgan fingerprint density at radius 2 is 1.87 bits per heavy atom. The van der Waals surface area contributed by atoms with Crippen LogP contribution >= 0.6 is 11.8 Å². The van der Waals surface area contributed by atoms with E-state index in [1.54, 1.807) is 19.1 Å². The van der Waals surface area contributed by atoms with E-state index in [0.29, 0.717) is 27.8 Å². The Morgan fingerprint density at radius 3 is 2.33 bits per heavy atom. The average molecular weight is 232 g/mol. The summed E-state index contributed by atoms with van der Waals surface area (Å²) in [5, 5.41) is 9.62. The summed E-state index contributed by atoms with van der Waals surface area (Å²) in [5.41, 5.74) is 1.39. The van der Waals surface area contributed by atoms with E-state index in [-0.39, 0.29) is 11.7 Å². The molecule has 0 amide bonds. The van der Waals surface area contributed by atoms with Gasteiger partial charge in [-0.1, -0.05) is 25.6 Å². The molecule has 0 fully saturated rings. The second-order valence-corrected chi connectivity index (χ2v) is 4.74. The van der Waals surface area contributed by atoms with Gasteiger partial charge in [0.15, 0.2) is 0 Å². The highest BCUT2D eigenvalue weighted by Crippen LogP contribution is 2.35. The van der Waals surface area contributed by atoms with Crippen LogP contribution in [0.2, 0.25) is 0 Å². The maximum atomic E-state index is 12.2. The van der Waals surface area contributed by atoms with Crippen LogP contribution in [0.4, 0.5) is 8.78 Å². The first-order chi connectivity index (χ1) is 6.91. The molecule has 0 spiro atoms. The summed E-state index contributed by atoms with van der Waals surface area (Å²) in [6, 6.07) is 3.19. The Bertz CT molecular complexity index is 351. The van der Waals surface area contributed by atoms with Crippen LogP contribution in [0.15, 0.2) is 17.0 Å². The molecule has 1 rings (SSSR count). The topological polar surface area (TPSA) is 20.2 Å². The third-order valence-electron chi connectivity index (χ3n) is 2.16. The molecule has 0 aliphatic carbocycles. The van der Waals surface area contributed by atoms with E-state index in [1.807, 2.05) is 13.8 Å². The van der Waals surface area contributed by atoms with Crippen molar-refractivity contribution in [2.24, 2.45) is 0 Å². The Balaban J connectivity index is 3.11. The van der Waals surface area contributed by atoms with Crippen molar-refractivity contribution in [3.8, 4) is 5.75 Å². The van der Waals surface area contributed by atoms with Gasteiger partial charge >= 0.3 is 0 Å². The number of rotatable bonds is 3. The van der Waals surface area contributed by atoms with Crippen LogP contribution in [0, 0.1) is 6.92 Å². The molecule has 1 N–H and O–H groups in total. The van der Waals surface area contributed by atoms with Gasteiger partial charge in [-0.05, 0) is 36.1 Å². The maximum absolute atomic E-state index is 12.2. The molecule has 0 atom stereocenters. The van der Waals surface area contributed by atoms with Crippen LogP contribution in [0.1, 0.15) is 30.9 Å². The van der Waals surface area contributed by atoms with Gasteiger partial charge in [-0.2, -0.15) is 8.78 Å². The van der Waals surface area contributed by atoms with Crippen molar-refractivity contribution in [2.75, 3.05) is 0 Å². The van der Waals surface area contributed by atoms with Crippen molar-refractivity contribution < 1.29 is 13.9 Å². The number of alkyl halides is 2. The molecule has 0 saturated heterocycles. The van der Waals surface area contributed by atoms with Gasteiger partial charge in [-0.25, -0.2) is 0 Å². The second-order valence-electron chi connectivity index (χ2n) is 3.71. The standard InChI is InChI=1S/C11H14F2OS/c1-6(2)8-5-10(15-11(12)13)7(3)4-9(8)14/h4-6,11,14H,1-3H3. The van der Waals surface area contributed by atoms with Crippen molar-refractivity contribution in [1.29, 1.82) is 0 Å². The highest BCUT2D eigenvalue weighted by atomic mass is 32.2. The number of aromatic hydroxyl groups is 1. The zero-order valence-electron chi connectivity index (χ0n) is 8.92. The summed E-state index contributed by atoms with van der Waals surface area (Å²) in [6.07, 6.45) is 0. The van der Waals surface area contributed by atoms with Crippen LogP contribution < -0.4 is 0 Å². The molecular weight excluding hydrogens is 218 g/mol. The second kappa shape index (κ2) is 4.84. The zero-order valence-corrected chi connectivity index (χ0v) is 9.74. The van der Waals surface area contributed by atoms with Crippen molar-refractivity contribution in [3.05, 3.63) is 23.3 Å². The van der Waals surface area contributed by atoms with Gasteiger partial charge in [-0.15, -0.1) is 0 Å². The smallest absolute Gasteiger partial charge is 0.288 e. The first-order valence-corrected chi connectivity index (χ1v) is 5.58. The first kappa shape index (κ1) is 12.3. The first-order valence-electron chi connectivity index (χ1n) is 4.70. The van der Waals surface area contributed by atoms with Crippen molar-refractivity contribution in [1.82, 2.24) is 0 Å². The maximum Gasteiger partial charge on any atom is 0.288 e. The zero-order chi connectivity index (χ0) is 11.6. The molecule has 0 aliphatic heterocycles. The lowest BCUT2D eigenvalue weighted by Crippen LogP contribution is -1.93. The highest BCUT2D eigenvalue weighted by molar-refractivity contribution is 7.99. The summed E-state index contributed by atoms with van der Waals surface area (Å²) >= 11 is 0.521. The van der Waals surface area contributed by atoms with Crippen molar-refractivity contribution in [3.63, 3.8) is 0 Å². The number of thioether (sulfide) groups is 1. The Kier molecular flexibility index (Phi) is 3.97. The van der Waals surface area contributed by atoms with Crippen LogP contribution in [0.25, 0.3) is 0 Å². The van der Waals surface area contributed by atoms with E-state index < -0.39 is 5.76 Å². The lowest BCUT2D eigenvalue weighted by molar-refractivity contribution is 0.252. The van der Waals surface area contributed by atoms with Crippen molar-refractivity contribution in [2.45, 2.75) is 37.3 Å². The molecule has 1 nitrogen and oxygen atoms in total. The number of aryl methyl sites for hydroxylation is 1. The summed E-state index contributed by atoms with van der Waals surface area (Å²) < 4.78 is 24.5. The van der Waals surface area contributed by atoms with E-state index >= 15 is 0 Å². The fraction of sp³-hybridized carbons (Fsp3) is 0.455. The lowest BCUT2D eigenvalue weighted by Gasteiger charge is -2.12. The van der Waals surface area contributed by atoms with E-state index in [2.05, 4.69) is 0 Å². The van der Waals surface area contributed by atoms with Crippen LogP contribution in [-0.4, -0.2) is 10.9 Å². The van der Waals surface area contributed by atoms with Gasteiger partial charge in [0, 0.05) is 4.90 Å². The fourth-order valence-electron chi connectivity index (χ4n) is 1.37. The SMILES string of the molecule is Cc1cc(O)c(C(C)C)cc1SC(F)F. The summed E-state index contributed by atoms with van der Waals surface area (Å²) in [5.74, 6) is -2.11. The Morgan fingerprint density at radius 1 is 1.27 bits per heavy atom. The van der Waals surface area contributed by atoms with E-state index in [4.69, 9.17) is 0 Å². The Hall–Kier alpha value is -0.770. The number of hydrogen-bond donors (Lipinski definition) is 1. The minimum Gasteiger partial charge on any atom is -0.508 e. The molecule has 0 unspecified atom stereocenters. The lowest BCUT2D eigenvalue weighted by atomic mass is 10.0. The molecule has 15 heavy (non-hydrogen) atoms. The molecule has 1 aromatic rings. The highest BCUT2D eigenvalue weighted by Gasteiger charge is 2.13. The quantitative estimate of drug-likeness (QED) is 0.790. The summed E-state index contributed by atoms with van der Waals surface area (Å²) in [7, 11) is 0. The molecule has 1 aromatic carbocycles. The predicted molar refractivity (Wildman–Crippen MR) is 58.8 cm³/mol. The fourth-order valence-corrected chi connectivity index (χ4v) is 2.01. The summed E-state index contributed by atoms with van der Waals surface area (Å²) in [6.45, 7) is 5.55. The monoisotopic (exact) mass is 232 g/mol. The largest absolute Gasteiger partial charge is 0.508 e. The van der Waals surface area contributed by atoms with Gasteiger partial charge in [0.25, 0.3) is 5.76 Å². The molecule has 0 aromatic heterocycles. The third-order valence-corrected chi connectivity index (χ3v) is 3.03. The number of phenols is 1. The molecule has 4 heteroatoms. The van der Waals surface area contributed by atoms with Gasteiger partial charge < -0.3 is 5.11 Å². The minimum atomic E-state index is -2.42. The summed E-state index contributed by atoms with van der Waals surface area (Å²) in [4.78, 5) is 0.534. The molecule has 0 saturated carbocycles. The number of halogens is 2. The minimum absolute atomic E-state index is 0.127. The predicted octanol–water partition coefficient (Wildman–Crippen LogP) is 4.14. The third kappa shape index (κ3) is 3.09. The van der Waals surface area contributed by atoms with Gasteiger partial charge in [0.2, 0.25) is 0 Å². The molecule has 0 heterocycles. The molecule has 0 bridgehead atoms. The van der Waals surface area contributed by atoms with Gasteiger partial charge in [0.05, 0.1) is 0 Å². The normalized spacial score (nSPS) is 11.4. The molecule has 84 valence electrons.